The lowest BCUT2D eigenvalue weighted by Gasteiger charge is -2.00. The van der Waals surface area contributed by atoms with E-state index in [4.69, 9.17) is 5.73 Å². The van der Waals surface area contributed by atoms with Crippen molar-refractivity contribution in [2.24, 2.45) is 0 Å². The lowest BCUT2D eigenvalue weighted by atomic mass is 10.1. The number of halogens is 3. The van der Waals surface area contributed by atoms with Gasteiger partial charge in [-0.05, 0) is 6.92 Å². The molecule has 88 valence electrons. The Bertz CT molecular complexity index is 522. The summed E-state index contributed by atoms with van der Waals surface area (Å²) in [6.45, 7) is 5.10. The molecule has 16 heavy (non-hydrogen) atoms. The summed E-state index contributed by atoms with van der Waals surface area (Å²) in [5.74, 6) is -3.86. The summed E-state index contributed by atoms with van der Waals surface area (Å²) in [5, 5.41) is 2.70. The standard InChI is InChI=1S/C8H5F3N2O.C2H6/c1-2-4(9)6(11)3-7(5(2)10)14-13-8(3)12;1-2/h1H3,(H2,12,13);1-2H3. The first kappa shape index (κ1) is 12.4. The molecule has 1 heterocycles. The Morgan fingerprint density at radius 2 is 1.62 bits per heavy atom. The van der Waals surface area contributed by atoms with E-state index < -0.39 is 34.0 Å². The Morgan fingerprint density at radius 1 is 1.06 bits per heavy atom. The fourth-order valence-corrected chi connectivity index (χ4v) is 1.21. The summed E-state index contributed by atoms with van der Waals surface area (Å²) in [6.07, 6.45) is 0. The minimum Gasteiger partial charge on any atom is -0.380 e. The molecule has 2 N–H and O–H groups in total. The number of hydrogen-bond donors (Lipinski definition) is 1. The summed E-state index contributed by atoms with van der Waals surface area (Å²) in [5.41, 5.74) is 4.27. The second-order valence-corrected chi connectivity index (χ2v) is 2.84. The Labute approximate surface area is 90.0 Å². The first-order valence-electron chi connectivity index (χ1n) is 4.72. The number of hydrogen-bond acceptors (Lipinski definition) is 3. The van der Waals surface area contributed by atoms with Gasteiger partial charge < -0.3 is 10.3 Å². The zero-order valence-corrected chi connectivity index (χ0v) is 9.07. The van der Waals surface area contributed by atoms with E-state index in [9.17, 15) is 13.2 Å². The molecule has 0 atom stereocenters. The molecule has 0 aliphatic heterocycles. The molecule has 2 aromatic rings. The number of nitrogen functional groups attached to an aromatic ring is 1. The van der Waals surface area contributed by atoms with Crippen LogP contribution in [0.2, 0.25) is 0 Å². The van der Waals surface area contributed by atoms with E-state index in [2.05, 4.69) is 9.68 Å². The van der Waals surface area contributed by atoms with E-state index in [-0.39, 0.29) is 5.82 Å². The van der Waals surface area contributed by atoms with Crippen LogP contribution in [0.15, 0.2) is 4.52 Å². The van der Waals surface area contributed by atoms with E-state index in [0.29, 0.717) is 0 Å². The van der Waals surface area contributed by atoms with Crippen molar-refractivity contribution in [1.29, 1.82) is 0 Å². The number of aromatic nitrogens is 1. The van der Waals surface area contributed by atoms with E-state index >= 15 is 0 Å². The monoisotopic (exact) mass is 232 g/mol. The normalized spacial score (nSPS) is 10.1. The molecule has 1 aromatic heterocycles. The Kier molecular flexibility index (Phi) is 3.41. The van der Waals surface area contributed by atoms with Gasteiger partial charge in [0.1, 0.15) is 5.39 Å². The van der Waals surface area contributed by atoms with Crippen LogP contribution in [0.3, 0.4) is 0 Å². The predicted molar refractivity (Wildman–Crippen MR) is 54.4 cm³/mol. The number of rotatable bonds is 0. The average Bonchev–Trinajstić information content (AvgIpc) is 2.68. The molecule has 2 rings (SSSR count). The smallest absolute Gasteiger partial charge is 0.208 e. The van der Waals surface area contributed by atoms with Gasteiger partial charge in [0.05, 0.1) is 0 Å². The maximum absolute atomic E-state index is 13.3. The molecule has 0 saturated heterocycles. The van der Waals surface area contributed by atoms with E-state index in [1.165, 1.54) is 0 Å². The van der Waals surface area contributed by atoms with Crippen molar-refractivity contribution in [2.75, 3.05) is 5.73 Å². The maximum atomic E-state index is 13.3. The number of nitrogens with zero attached hydrogens (tertiary/aromatic N) is 1. The number of anilines is 1. The van der Waals surface area contributed by atoms with Gasteiger partial charge >= 0.3 is 0 Å². The molecule has 6 heteroatoms. The van der Waals surface area contributed by atoms with E-state index in [0.717, 1.165) is 6.92 Å². The summed E-state index contributed by atoms with van der Waals surface area (Å²) in [6, 6.07) is 0. The van der Waals surface area contributed by atoms with Crippen molar-refractivity contribution in [3.63, 3.8) is 0 Å². The third kappa shape index (κ3) is 1.60. The second kappa shape index (κ2) is 4.42. The molecular weight excluding hydrogens is 221 g/mol. The van der Waals surface area contributed by atoms with Crippen LogP contribution in [-0.4, -0.2) is 5.16 Å². The fourth-order valence-electron chi connectivity index (χ4n) is 1.21. The van der Waals surface area contributed by atoms with Crippen molar-refractivity contribution in [3.8, 4) is 0 Å². The third-order valence-corrected chi connectivity index (χ3v) is 1.99. The predicted octanol–water partition coefficient (Wildman–Crippen LogP) is 3.16. The van der Waals surface area contributed by atoms with Crippen molar-refractivity contribution < 1.29 is 17.7 Å². The largest absolute Gasteiger partial charge is 0.380 e. The van der Waals surface area contributed by atoms with Gasteiger partial charge in [-0.2, -0.15) is 0 Å². The first-order chi connectivity index (χ1) is 7.54. The van der Waals surface area contributed by atoms with Crippen LogP contribution in [0.25, 0.3) is 11.0 Å². The lowest BCUT2D eigenvalue weighted by molar-refractivity contribution is 0.436. The molecule has 0 aliphatic rings. The molecule has 1 aromatic carbocycles. The first-order valence-corrected chi connectivity index (χ1v) is 4.72. The van der Waals surface area contributed by atoms with Gasteiger partial charge in [-0.15, -0.1) is 0 Å². The summed E-state index contributed by atoms with van der Waals surface area (Å²) >= 11 is 0. The maximum Gasteiger partial charge on any atom is 0.208 e. The quantitative estimate of drug-likeness (QED) is 0.710. The fraction of sp³-hybridized carbons (Fsp3) is 0.300. The van der Waals surface area contributed by atoms with Gasteiger partial charge in [-0.1, -0.05) is 19.0 Å². The van der Waals surface area contributed by atoms with Crippen LogP contribution in [0.1, 0.15) is 19.4 Å². The Morgan fingerprint density at radius 3 is 2.19 bits per heavy atom. The highest BCUT2D eigenvalue weighted by atomic mass is 19.2. The zero-order valence-electron chi connectivity index (χ0n) is 9.07. The number of nitrogens with two attached hydrogens (primary N) is 1. The van der Waals surface area contributed by atoms with Crippen LogP contribution in [0, 0.1) is 24.4 Å². The van der Waals surface area contributed by atoms with Crippen molar-refractivity contribution in [1.82, 2.24) is 5.16 Å². The van der Waals surface area contributed by atoms with Gasteiger partial charge in [-0.3, -0.25) is 0 Å². The molecule has 0 saturated carbocycles. The van der Waals surface area contributed by atoms with Crippen LogP contribution in [-0.2, 0) is 0 Å². The van der Waals surface area contributed by atoms with Crippen molar-refractivity contribution >= 4 is 16.8 Å². The molecule has 0 amide bonds. The molecule has 0 bridgehead atoms. The van der Waals surface area contributed by atoms with Crippen molar-refractivity contribution in [3.05, 3.63) is 23.0 Å². The highest BCUT2D eigenvalue weighted by Gasteiger charge is 2.22. The molecule has 0 fully saturated rings. The van der Waals surface area contributed by atoms with Crippen LogP contribution in [0.4, 0.5) is 19.0 Å². The molecular formula is C10H11F3N2O. The van der Waals surface area contributed by atoms with Gasteiger partial charge in [-0.25, -0.2) is 13.2 Å². The Hall–Kier alpha value is -1.72. The number of benzene rings is 1. The second-order valence-electron chi connectivity index (χ2n) is 2.84. The van der Waals surface area contributed by atoms with Crippen LogP contribution < -0.4 is 5.73 Å². The minimum absolute atomic E-state index is 0.365. The lowest BCUT2D eigenvalue weighted by Crippen LogP contribution is -1.96. The topological polar surface area (TPSA) is 52.0 Å². The minimum atomic E-state index is -1.27. The van der Waals surface area contributed by atoms with Crippen molar-refractivity contribution in [2.45, 2.75) is 20.8 Å². The van der Waals surface area contributed by atoms with Gasteiger partial charge in [0.2, 0.25) is 5.58 Å². The molecule has 0 unspecified atom stereocenters. The summed E-state index contributed by atoms with van der Waals surface area (Å²) in [7, 11) is 0. The molecule has 0 spiro atoms. The van der Waals surface area contributed by atoms with Crippen LogP contribution >= 0.6 is 0 Å². The number of fused-ring (bicyclic) bond motifs is 1. The SMILES string of the molecule is CC.Cc1c(F)c(F)c2c(N)noc2c1F. The third-order valence-electron chi connectivity index (χ3n) is 1.99. The van der Waals surface area contributed by atoms with E-state index in [1.54, 1.807) is 0 Å². The molecule has 0 aliphatic carbocycles. The molecule has 0 radical (unpaired) electrons. The zero-order chi connectivity index (χ0) is 12.5. The highest BCUT2D eigenvalue weighted by Crippen LogP contribution is 2.30. The van der Waals surface area contributed by atoms with Crippen LogP contribution in [0.5, 0.6) is 0 Å². The highest BCUT2D eigenvalue weighted by molar-refractivity contribution is 5.88. The Balaban J connectivity index is 0.000000606. The summed E-state index contributed by atoms with van der Waals surface area (Å²) in [4.78, 5) is 0. The van der Waals surface area contributed by atoms with Gasteiger partial charge in [0, 0.05) is 5.56 Å². The van der Waals surface area contributed by atoms with Gasteiger partial charge in [0.15, 0.2) is 23.3 Å². The summed E-state index contributed by atoms with van der Waals surface area (Å²) < 4.78 is 43.9. The molecule has 3 nitrogen and oxygen atoms in total. The van der Waals surface area contributed by atoms with E-state index in [1.807, 2.05) is 13.8 Å². The van der Waals surface area contributed by atoms with Gasteiger partial charge in [0.25, 0.3) is 0 Å². The average molecular weight is 232 g/mol.